The molecule has 0 amide bonds. The number of allylic oxidation sites excluding steroid dienone is 2. The summed E-state index contributed by atoms with van der Waals surface area (Å²) in [7, 11) is 0. The zero-order valence-corrected chi connectivity index (χ0v) is 12.5. The van der Waals surface area contributed by atoms with Crippen molar-refractivity contribution in [3.05, 3.63) is 12.2 Å². The summed E-state index contributed by atoms with van der Waals surface area (Å²) >= 11 is 0. The first kappa shape index (κ1) is 17.9. The van der Waals surface area contributed by atoms with Crippen LogP contribution in [0.4, 0.5) is 0 Å². The SMILES string of the molecule is CCCCCC/C=C\CCCC(=O)CC(=O)OCC. The molecule has 110 valence electrons. The maximum atomic E-state index is 11.4. The van der Waals surface area contributed by atoms with E-state index in [2.05, 4.69) is 19.1 Å². The first-order valence-electron chi connectivity index (χ1n) is 7.53. The van der Waals surface area contributed by atoms with Crippen LogP contribution in [0.25, 0.3) is 0 Å². The van der Waals surface area contributed by atoms with Crippen LogP contribution in [0.3, 0.4) is 0 Å². The van der Waals surface area contributed by atoms with Gasteiger partial charge in [-0.2, -0.15) is 0 Å². The molecule has 0 aromatic heterocycles. The van der Waals surface area contributed by atoms with Crippen molar-refractivity contribution < 1.29 is 14.3 Å². The minimum absolute atomic E-state index is 0.0187. The van der Waals surface area contributed by atoms with Crippen molar-refractivity contribution in [3.8, 4) is 0 Å². The zero-order valence-electron chi connectivity index (χ0n) is 12.5. The van der Waals surface area contributed by atoms with Gasteiger partial charge in [0.15, 0.2) is 0 Å². The van der Waals surface area contributed by atoms with E-state index in [0.29, 0.717) is 13.0 Å². The maximum absolute atomic E-state index is 11.4. The van der Waals surface area contributed by atoms with Gasteiger partial charge in [0.05, 0.1) is 6.61 Å². The first-order valence-corrected chi connectivity index (χ1v) is 7.53. The van der Waals surface area contributed by atoms with Gasteiger partial charge in [-0.25, -0.2) is 0 Å². The average molecular weight is 268 g/mol. The van der Waals surface area contributed by atoms with Gasteiger partial charge < -0.3 is 4.74 Å². The Morgan fingerprint density at radius 2 is 1.63 bits per heavy atom. The molecule has 19 heavy (non-hydrogen) atoms. The van der Waals surface area contributed by atoms with Crippen LogP contribution in [0.15, 0.2) is 12.2 Å². The minimum atomic E-state index is -0.404. The molecule has 0 unspecified atom stereocenters. The lowest BCUT2D eigenvalue weighted by atomic mass is 10.1. The highest BCUT2D eigenvalue weighted by atomic mass is 16.5. The molecule has 0 aromatic rings. The number of ether oxygens (including phenoxy) is 1. The Morgan fingerprint density at radius 1 is 0.947 bits per heavy atom. The molecular formula is C16H28O3. The third-order valence-corrected chi connectivity index (χ3v) is 2.86. The van der Waals surface area contributed by atoms with Gasteiger partial charge in [-0.15, -0.1) is 0 Å². The third kappa shape index (κ3) is 13.1. The third-order valence-electron chi connectivity index (χ3n) is 2.86. The highest BCUT2D eigenvalue weighted by Gasteiger charge is 2.08. The van der Waals surface area contributed by atoms with E-state index in [4.69, 9.17) is 4.74 Å². The van der Waals surface area contributed by atoms with E-state index in [1.807, 2.05) is 0 Å². The fraction of sp³-hybridized carbons (Fsp3) is 0.750. The van der Waals surface area contributed by atoms with Gasteiger partial charge in [0.25, 0.3) is 0 Å². The molecule has 0 heterocycles. The maximum Gasteiger partial charge on any atom is 0.313 e. The summed E-state index contributed by atoms with van der Waals surface area (Å²) in [5.74, 6) is -0.422. The molecule has 3 nitrogen and oxygen atoms in total. The minimum Gasteiger partial charge on any atom is -0.466 e. The highest BCUT2D eigenvalue weighted by Crippen LogP contribution is 2.05. The Bertz CT molecular complexity index is 269. The van der Waals surface area contributed by atoms with Crippen molar-refractivity contribution in [1.29, 1.82) is 0 Å². The Labute approximate surface area is 117 Å². The largest absolute Gasteiger partial charge is 0.466 e. The predicted octanol–water partition coefficient (Wildman–Crippen LogP) is 4.21. The van der Waals surface area contributed by atoms with Crippen LogP contribution >= 0.6 is 0 Å². The fourth-order valence-corrected chi connectivity index (χ4v) is 1.80. The van der Waals surface area contributed by atoms with E-state index >= 15 is 0 Å². The van der Waals surface area contributed by atoms with Gasteiger partial charge in [-0.05, 0) is 32.6 Å². The van der Waals surface area contributed by atoms with Crippen LogP contribution in [0.2, 0.25) is 0 Å². The molecular weight excluding hydrogens is 240 g/mol. The van der Waals surface area contributed by atoms with Crippen molar-refractivity contribution in [2.45, 2.75) is 71.6 Å². The second kappa shape index (κ2) is 13.3. The van der Waals surface area contributed by atoms with Crippen molar-refractivity contribution in [2.24, 2.45) is 0 Å². The van der Waals surface area contributed by atoms with Crippen molar-refractivity contribution in [3.63, 3.8) is 0 Å². The monoisotopic (exact) mass is 268 g/mol. The Balaban J connectivity index is 3.40. The number of hydrogen-bond acceptors (Lipinski definition) is 3. The standard InChI is InChI=1S/C16H28O3/c1-3-5-6-7-8-9-10-11-12-13-15(17)14-16(18)19-4-2/h9-10H,3-8,11-14H2,1-2H3/b10-9-. The molecule has 0 spiro atoms. The van der Waals surface area contributed by atoms with Crippen LogP contribution in [0.5, 0.6) is 0 Å². The number of Topliss-reactive ketones (excluding diaryl/α,β-unsaturated/α-hetero) is 1. The molecule has 0 bridgehead atoms. The molecule has 0 aliphatic carbocycles. The van der Waals surface area contributed by atoms with Gasteiger partial charge >= 0.3 is 5.97 Å². The van der Waals surface area contributed by atoms with Gasteiger partial charge in [-0.1, -0.05) is 38.3 Å². The Hall–Kier alpha value is -1.12. The molecule has 0 N–H and O–H groups in total. The Kier molecular flexibility index (Phi) is 12.5. The molecule has 0 rings (SSSR count). The normalized spacial score (nSPS) is 10.8. The molecule has 3 heteroatoms. The Morgan fingerprint density at radius 3 is 2.26 bits per heavy atom. The van der Waals surface area contributed by atoms with Crippen LogP contribution in [0.1, 0.15) is 71.6 Å². The highest BCUT2D eigenvalue weighted by molar-refractivity contribution is 5.95. The van der Waals surface area contributed by atoms with Gasteiger partial charge in [0, 0.05) is 6.42 Å². The average Bonchev–Trinajstić information content (AvgIpc) is 2.37. The van der Waals surface area contributed by atoms with Crippen molar-refractivity contribution in [1.82, 2.24) is 0 Å². The summed E-state index contributed by atoms with van der Waals surface area (Å²) in [6.45, 7) is 4.30. The molecule has 0 saturated carbocycles. The second-order valence-corrected chi connectivity index (χ2v) is 4.73. The van der Waals surface area contributed by atoms with Crippen LogP contribution < -0.4 is 0 Å². The smallest absolute Gasteiger partial charge is 0.313 e. The van der Waals surface area contributed by atoms with E-state index in [9.17, 15) is 9.59 Å². The van der Waals surface area contributed by atoms with E-state index in [-0.39, 0.29) is 12.2 Å². The number of unbranched alkanes of at least 4 members (excludes halogenated alkanes) is 5. The van der Waals surface area contributed by atoms with Crippen molar-refractivity contribution >= 4 is 11.8 Å². The summed E-state index contributed by atoms with van der Waals surface area (Å²) in [5.41, 5.74) is 0. The number of rotatable bonds is 12. The van der Waals surface area contributed by atoms with Crippen LogP contribution in [-0.4, -0.2) is 18.4 Å². The summed E-state index contributed by atoms with van der Waals surface area (Å²) in [4.78, 5) is 22.5. The zero-order chi connectivity index (χ0) is 14.3. The number of carbonyl (C=O) groups excluding carboxylic acids is 2. The lowest BCUT2D eigenvalue weighted by molar-refractivity contribution is -0.145. The van der Waals surface area contributed by atoms with Crippen LogP contribution in [-0.2, 0) is 14.3 Å². The van der Waals surface area contributed by atoms with Gasteiger partial charge in [0.1, 0.15) is 12.2 Å². The fourth-order valence-electron chi connectivity index (χ4n) is 1.80. The second-order valence-electron chi connectivity index (χ2n) is 4.73. The number of ketones is 1. The van der Waals surface area contributed by atoms with Gasteiger partial charge in [-0.3, -0.25) is 9.59 Å². The van der Waals surface area contributed by atoms with Crippen molar-refractivity contribution in [2.75, 3.05) is 6.61 Å². The van der Waals surface area contributed by atoms with E-state index < -0.39 is 5.97 Å². The number of carbonyl (C=O) groups is 2. The quantitative estimate of drug-likeness (QED) is 0.230. The lowest BCUT2D eigenvalue weighted by Crippen LogP contribution is -2.10. The summed E-state index contributed by atoms with van der Waals surface area (Å²) in [5, 5.41) is 0. The molecule has 0 aliphatic rings. The van der Waals surface area contributed by atoms with Gasteiger partial charge in [0.2, 0.25) is 0 Å². The van der Waals surface area contributed by atoms with E-state index in [1.165, 1.54) is 25.7 Å². The number of hydrogen-bond donors (Lipinski definition) is 0. The van der Waals surface area contributed by atoms with E-state index in [1.54, 1.807) is 6.92 Å². The molecule has 0 saturated heterocycles. The topological polar surface area (TPSA) is 43.4 Å². The molecule has 0 aromatic carbocycles. The summed E-state index contributed by atoms with van der Waals surface area (Å²) in [6, 6.07) is 0. The predicted molar refractivity (Wildman–Crippen MR) is 78.0 cm³/mol. The molecule has 0 fully saturated rings. The summed E-state index contributed by atoms with van der Waals surface area (Å²) < 4.78 is 4.73. The first-order chi connectivity index (χ1) is 9.20. The number of esters is 1. The lowest BCUT2D eigenvalue weighted by Gasteiger charge is -2.00. The molecule has 0 radical (unpaired) electrons. The molecule has 0 aliphatic heterocycles. The van der Waals surface area contributed by atoms with Crippen LogP contribution in [0, 0.1) is 0 Å². The molecule has 0 atom stereocenters. The van der Waals surface area contributed by atoms with E-state index in [0.717, 1.165) is 19.3 Å². The summed E-state index contributed by atoms with van der Waals surface area (Å²) in [6.07, 6.45) is 12.8.